The first-order valence-electron chi connectivity index (χ1n) is 14.9. The third kappa shape index (κ3) is 7.98. The summed E-state index contributed by atoms with van der Waals surface area (Å²) < 4.78 is 5.77. The maximum Gasteiger partial charge on any atom is 0.318 e. The molecule has 0 radical (unpaired) electrons. The van der Waals surface area contributed by atoms with Crippen LogP contribution in [0.4, 0.5) is 0 Å². The molecule has 3 aromatic carbocycles. The molecule has 0 aliphatic rings. The summed E-state index contributed by atoms with van der Waals surface area (Å²) >= 11 is 0. The fourth-order valence-corrected chi connectivity index (χ4v) is 5.22. The maximum atomic E-state index is 13.7. The van der Waals surface area contributed by atoms with E-state index in [0.29, 0.717) is 23.1 Å². The van der Waals surface area contributed by atoms with Gasteiger partial charge in [0.05, 0.1) is 11.5 Å². The lowest BCUT2D eigenvalue weighted by atomic mass is 9.77. The molecule has 0 amide bonds. The minimum atomic E-state index is -0.606. The zero-order valence-corrected chi connectivity index (χ0v) is 27.5. The fraction of sp³-hybridized carbons (Fsp3) is 0.459. The van der Waals surface area contributed by atoms with Gasteiger partial charge in [0, 0.05) is 22.8 Å². The molecule has 0 aliphatic carbocycles. The highest BCUT2D eigenvalue weighted by Crippen LogP contribution is 2.41. The number of carbonyl (C=O) groups excluding carboxylic acids is 2. The molecule has 6 heteroatoms. The Morgan fingerprint density at radius 3 is 1.77 bits per heavy atom. The lowest BCUT2D eigenvalue weighted by Gasteiger charge is -2.28. The molecule has 3 aromatic rings. The molecule has 6 nitrogen and oxygen atoms in total. The average molecular weight is 589 g/mol. The van der Waals surface area contributed by atoms with E-state index in [0.717, 1.165) is 11.1 Å². The van der Waals surface area contributed by atoms with Gasteiger partial charge < -0.3 is 20.1 Å². The van der Waals surface area contributed by atoms with Crippen LogP contribution in [-0.2, 0) is 15.6 Å². The standard InChI is InChI=1S/C37H48O6/c1-21(2)26-16-22(12-15-30(26)38)27(20-35(3,4)5)34(42)43-24-13-14-25(31(39)19-24)32(40)23-17-28(36(6,7)8)33(41)29(18-23)37(9,10)11/h12-19,21,27,38-39,41H,20H2,1-11H3. The number of benzene rings is 3. The van der Waals surface area contributed by atoms with Gasteiger partial charge in [0.15, 0.2) is 5.78 Å². The molecule has 232 valence electrons. The zero-order chi connectivity index (χ0) is 32.7. The van der Waals surface area contributed by atoms with Gasteiger partial charge in [-0.05, 0) is 70.0 Å². The molecule has 1 unspecified atom stereocenters. The normalized spacial score (nSPS) is 13.2. The van der Waals surface area contributed by atoms with E-state index >= 15 is 0 Å². The molecule has 0 saturated heterocycles. The van der Waals surface area contributed by atoms with Crippen LogP contribution in [0.25, 0.3) is 0 Å². The summed E-state index contributed by atoms with van der Waals surface area (Å²) in [6.45, 7) is 21.9. The Labute approximate surface area is 256 Å². The Balaban J connectivity index is 1.97. The lowest BCUT2D eigenvalue weighted by molar-refractivity contribution is -0.136. The SMILES string of the molecule is CC(C)c1cc(C(CC(C)(C)C)C(=O)Oc2ccc(C(=O)c3cc(C(C)(C)C)c(O)c(C(C)(C)C)c3)c(O)c2)ccc1O. The molecule has 0 fully saturated rings. The second-order valence-electron chi connectivity index (χ2n) is 15.1. The van der Waals surface area contributed by atoms with E-state index in [1.54, 1.807) is 24.3 Å². The van der Waals surface area contributed by atoms with Crippen molar-refractivity contribution in [2.75, 3.05) is 0 Å². The fourth-order valence-electron chi connectivity index (χ4n) is 5.22. The van der Waals surface area contributed by atoms with Gasteiger partial charge in [0.1, 0.15) is 23.0 Å². The summed E-state index contributed by atoms with van der Waals surface area (Å²) in [6, 6.07) is 12.8. The topological polar surface area (TPSA) is 104 Å². The summed E-state index contributed by atoms with van der Waals surface area (Å²) in [4.78, 5) is 27.2. The molecule has 0 bridgehead atoms. The Morgan fingerprint density at radius 2 is 1.30 bits per heavy atom. The van der Waals surface area contributed by atoms with Gasteiger partial charge in [-0.3, -0.25) is 9.59 Å². The minimum Gasteiger partial charge on any atom is -0.508 e. The molecular formula is C37H48O6. The molecule has 0 aromatic heterocycles. The largest absolute Gasteiger partial charge is 0.508 e. The van der Waals surface area contributed by atoms with Crippen LogP contribution in [0.15, 0.2) is 48.5 Å². The van der Waals surface area contributed by atoms with E-state index in [2.05, 4.69) is 0 Å². The third-order valence-corrected chi connectivity index (χ3v) is 7.60. The highest BCUT2D eigenvalue weighted by Gasteiger charge is 2.31. The predicted octanol–water partition coefficient (Wildman–Crippen LogP) is 8.88. The Morgan fingerprint density at radius 1 is 0.744 bits per heavy atom. The summed E-state index contributed by atoms with van der Waals surface area (Å²) in [7, 11) is 0. The highest BCUT2D eigenvalue weighted by molar-refractivity contribution is 6.11. The van der Waals surface area contributed by atoms with Crippen molar-refractivity contribution in [2.24, 2.45) is 5.41 Å². The van der Waals surface area contributed by atoms with Crippen molar-refractivity contribution in [3.05, 3.63) is 81.9 Å². The monoisotopic (exact) mass is 588 g/mol. The van der Waals surface area contributed by atoms with Crippen LogP contribution in [0.5, 0.6) is 23.0 Å². The number of phenols is 3. The van der Waals surface area contributed by atoms with Gasteiger partial charge in [0.2, 0.25) is 0 Å². The zero-order valence-electron chi connectivity index (χ0n) is 27.5. The van der Waals surface area contributed by atoms with Crippen molar-refractivity contribution in [2.45, 2.75) is 105 Å². The number of phenolic OH excluding ortho intramolecular Hbond substituents is 3. The van der Waals surface area contributed by atoms with Crippen molar-refractivity contribution < 1.29 is 29.6 Å². The van der Waals surface area contributed by atoms with E-state index in [-0.39, 0.29) is 39.9 Å². The summed E-state index contributed by atoms with van der Waals surface area (Å²) in [5.41, 5.74) is 2.18. The van der Waals surface area contributed by atoms with E-state index in [4.69, 9.17) is 4.74 Å². The molecule has 0 heterocycles. The van der Waals surface area contributed by atoms with Crippen LogP contribution in [0.1, 0.15) is 133 Å². The smallest absolute Gasteiger partial charge is 0.318 e. The number of rotatable bonds is 7. The summed E-state index contributed by atoms with van der Waals surface area (Å²) in [6.07, 6.45) is 0.504. The maximum absolute atomic E-state index is 13.7. The Bertz CT molecular complexity index is 1470. The van der Waals surface area contributed by atoms with Gasteiger partial charge in [-0.25, -0.2) is 0 Å². The molecule has 3 N–H and O–H groups in total. The Kier molecular flexibility index (Phi) is 9.45. The summed E-state index contributed by atoms with van der Waals surface area (Å²) in [5, 5.41) is 32.3. The van der Waals surface area contributed by atoms with Crippen LogP contribution in [0, 0.1) is 5.41 Å². The van der Waals surface area contributed by atoms with Crippen molar-refractivity contribution in [3.8, 4) is 23.0 Å². The van der Waals surface area contributed by atoms with E-state index in [1.807, 2.05) is 82.2 Å². The van der Waals surface area contributed by atoms with Crippen LogP contribution in [0.2, 0.25) is 0 Å². The van der Waals surface area contributed by atoms with Crippen molar-refractivity contribution in [3.63, 3.8) is 0 Å². The average Bonchev–Trinajstić information content (AvgIpc) is 2.85. The number of carbonyl (C=O) groups is 2. The number of ketones is 1. The summed E-state index contributed by atoms with van der Waals surface area (Å²) in [5.74, 6) is -1.26. The number of hydrogen-bond acceptors (Lipinski definition) is 6. The van der Waals surface area contributed by atoms with Crippen molar-refractivity contribution in [1.82, 2.24) is 0 Å². The second-order valence-corrected chi connectivity index (χ2v) is 15.1. The predicted molar refractivity (Wildman–Crippen MR) is 172 cm³/mol. The van der Waals surface area contributed by atoms with Gasteiger partial charge >= 0.3 is 5.97 Å². The first-order valence-corrected chi connectivity index (χ1v) is 14.9. The quantitative estimate of drug-likeness (QED) is 0.145. The molecule has 1 atom stereocenters. The van der Waals surface area contributed by atoms with Crippen molar-refractivity contribution in [1.29, 1.82) is 0 Å². The van der Waals surface area contributed by atoms with Crippen LogP contribution >= 0.6 is 0 Å². The molecule has 43 heavy (non-hydrogen) atoms. The van der Waals surface area contributed by atoms with Gasteiger partial charge in [-0.2, -0.15) is 0 Å². The minimum absolute atomic E-state index is 0.0663. The van der Waals surface area contributed by atoms with Crippen molar-refractivity contribution >= 4 is 11.8 Å². The Hall–Kier alpha value is -3.80. The second kappa shape index (κ2) is 12.1. The van der Waals surface area contributed by atoms with Gasteiger partial charge in [-0.1, -0.05) is 88.3 Å². The van der Waals surface area contributed by atoms with E-state index in [1.165, 1.54) is 18.2 Å². The lowest BCUT2D eigenvalue weighted by Crippen LogP contribution is -2.24. The molecule has 0 spiro atoms. The molecule has 0 aliphatic heterocycles. The van der Waals surface area contributed by atoms with Gasteiger partial charge in [-0.15, -0.1) is 0 Å². The first-order chi connectivity index (χ1) is 19.6. The molecular weight excluding hydrogens is 540 g/mol. The number of esters is 1. The number of aromatic hydroxyl groups is 3. The highest BCUT2D eigenvalue weighted by atomic mass is 16.5. The van der Waals surface area contributed by atoms with Crippen LogP contribution in [0.3, 0.4) is 0 Å². The molecule has 3 rings (SSSR count). The number of ether oxygens (including phenoxy) is 1. The third-order valence-electron chi connectivity index (χ3n) is 7.60. The first kappa shape index (κ1) is 33.7. The number of hydrogen-bond donors (Lipinski definition) is 3. The van der Waals surface area contributed by atoms with Crippen LogP contribution in [-0.4, -0.2) is 27.1 Å². The van der Waals surface area contributed by atoms with Gasteiger partial charge in [0.25, 0.3) is 0 Å². The van der Waals surface area contributed by atoms with E-state index < -0.39 is 28.5 Å². The van der Waals surface area contributed by atoms with Crippen LogP contribution < -0.4 is 4.74 Å². The van der Waals surface area contributed by atoms with E-state index in [9.17, 15) is 24.9 Å². The molecule has 0 saturated carbocycles.